The lowest BCUT2D eigenvalue weighted by Crippen LogP contribution is -2.21. The van der Waals surface area contributed by atoms with Crippen LogP contribution in [0, 0.1) is 13.8 Å². The fraction of sp³-hybridized carbons (Fsp3) is 0.467. The molecule has 4 nitrogen and oxygen atoms in total. The fourth-order valence-corrected chi connectivity index (χ4v) is 2.32. The van der Waals surface area contributed by atoms with E-state index in [4.69, 9.17) is 5.11 Å². The number of carboxylic acids is 1. The van der Waals surface area contributed by atoms with Crippen molar-refractivity contribution in [3.8, 4) is 0 Å². The van der Waals surface area contributed by atoms with Gasteiger partial charge in [0.2, 0.25) is 5.12 Å². The number of benzene rings is 1. The average molecular weight is 295 g/mol. The number of carbonyl (C=O) groups is 2. The molecule has 1 aromatic rings. The van der Waals surface area contributed by atoms with Crippen LogP contribution >= 0.6 is 12.6 Å². The van der Waals surface area contributed by atoms with Crippen LogP contribution in [-0.2, 0) is 0 Å². The number of carbonyl (C=O) groups excluding carboxylic acids is 1. The third kappa shape index (κ3) is 4.98. The normalized spacial score (nSPS) is 14.2. The van der Waals surface area contributed by atoms with Crippen LogP contribution in [0.2, 0.25) is 0 Å². The Morgan fingerprint density at radius 1 is 1.05 bits per heavy atom. The molecule has 1 aliphatic rings. The van der Waals surface area contributed by atoms with Crippen molar-refractivity contribution in [2.75, 3.05) is 13.1 Å². The molecule has 0 radical (unpaired) electrons. The van der Waals surface area contributed by atoms with E-state index in [1.165, 1.54) is 38.4 Å². The first-order valence-electron chi connectivity index (χ1n) is 6.72. The van der Waals surface area contributed by atoms with E-state index in [1.54, 1.807) is 19.9 Å². The number of piperidine rings is 1. The van der Waals surface area contributed by atoms with Gasteiger partial charge in [-0.2, -0.15) is 0 Å². The van der Waals surface area contributed by atoms with Crippen LogP contribution in [0.15, 0.2) is 12.1 Å². The quantitative estimate of drug-likeness (QED) is 0.734. The van der Waals surface area contributed by atoms with E-state index >= 15 is 0 Å². The molecule has 2 N–H and O–H groups in total. The second kappa shape index (κ2) is 8.07. The molecular formula is C15H21NO3S. The van der Waals surface area contributed by atoms with Crippen LogP contribution in [0.5, 0.6) is 0 Å². The van der Waals surface area contributed by atoms with Gasteiger partial charge in [-0.05, 0) is 63.0 Å². The van der Waals surface area contributed by atoms with Gasteiger partial charge in [0.1, 0.15) is 0 Å². The monoisotopic (exact) mass is 295 g/mol. The standard InChI is InChI=1S/C10H10O3S.C5H11N/c1-5-4-8(10(13)14)6(2)3-7(5)9(11)12;1-2-4-6-5-3-1/h3-4H,1-2H3,(H,11,12)(H,13,14);6H,1-5H2. The topological polar surface area (TPSA) is 66.4 Å². The number of rotatable bonds is 2. The average Bonchev–Trinajstić information content (AvgIpc) is 2.43. The Morgan fingerprint density at radius 3 is 1.90 bits per heavy atom. The number of hydrogen-bond acceptors (Lipinski definition) is 3. The van der Waals surface area contributed by atoms with Crippen molar-refractivity contribution in [3.05, 3.63) is 34.4 Å². The summed E-state index contributed by atoms with van der Waals surface area (Å²) in [7, 11) is 0. The molecule has 0 spiro atoms. The van der Waals surface area contributed by atoms with Gasteiger partial charge in [0.05, 0.1) is 5.56 Å². The first-order chi connectivity index (χ1) is 9.43. The van der Waals surface area contributed by atoms with E-state index < -0.39 is 5.97 Å². The maximum atomic E-state index is 11.0. The molecule has 1 heterocycles. The number of thiol groups is 1. The summed E-state index contributed by atoms with van der Waals surface area (Å²) in [4.78, 5) is 21.8. The Balaban J connectivity index is 0.000000276. The first-order valence-corrected chi connectivity index (χ1v) is 7.16. The van der Waals surface area contributed by atoms with Gasteiger partial charge in [0.15, 0.2) is 0 Å². The van der Waals surface area contributed by atoms with Gasteiger partial charge < -0.3 is 10.4 Å². The Morgan fingerprint density at radius 2 is 1.55 bits per heavy atom. The van der Waals surface area contributed by atoms with E-state index in [0.29, 0.717) is 16.7 Å². The highest BCUT2D eigenvalue weighted by atomic mass is 32.1. The number of carboxylic acid groups (broad SMARTS) is 1. The predicted molar refractivity (Wildman–Crippen MR) is 82.9 cm³/mol. The lowest BCUT2D eigenvalue weighted by atomic mass is 10.0. The molecule has 1 fully saturated rings. The third-order valence-corrected chi connectivity index (χ3v) is 3.48. The molecule has 0 saturated carbocycles. The maximum absolute atomic E-state index is 11.0. The van der Waals surface area contributed by atoms with E-state index in [0.717, 1.165) is 0 Å². The number of aromatic carboxylic acids is 1. The SMILES string of the molecule is C1CCNCC1.Cc1cc(C(=O)S)c(C)cc1C(=O)O. The summed E-state index contributed by atoms with van der Waals surface area (Å²) in [5.74, 6) is -0.983. The molecule has 2 rings (SSSR count). The molecule has 0 bridgehead atoms. The Bertz CT molecular complexity index is 445. The summed E-state index contributed by atoms with van der Waals surface area (Å²) in [5.41, 5.74) is 1.88. The smallest absolute Gasteiger partial charge is 0.335 e. The molecule has 1 saturated heterocycles. The molecule has 0 atom stereocenters. The van der Waals surface area contributed by atoms with Crippen molar-refractivity contribution >= 4 is 23.7 Å². The summed E-state index contributed by atoms with van der Waals surface area (Å²) >= 11 is 3.70. The van der Waals surface area contributed by atoms with Crippen molar-refractivity contribution in [2.45, 2.75) is 33.1 Å². The Kier molecular flexibility index (Phi) is 6.75. The summed E-state index contributed by atoms with van der Waals surface area (Å²) in [6.07, 6.45) is 4.22. The Hall–Kier alpha value is -1.33. The number of hydrogen-bond donors (Lipinski definition) is 3. The van der Waals surface area contributed by atoms with E-state index in [1.807, 2.05) is 0 Å². The zero-order chi connectivity index (χ0) is 15.1. The van der Waals surface area contributed by atoms with Crippen LogP contribution in [0.25, 0.3) is 0 Å². The van der Waals surface area contributed by atoms with E-state index in [2.05, 4.69) is 17.9 Å². The molecule has 1 aromatic carbocycles. The van der Waals surface area contributed by atoms with Crippen molar-refractivity contribution in [1.29, 1.82) is 0 Å². The molecule has 110 valence electrons. The highest BCUT2D eigenvalue weighted by Gasteiger charge is 2.12. The van der Waals surface area contributed by atoms with Gasteiger partial charge in [-0.25, -0.2) is 4.79 Å². The first kappa shape index (κ1) is 16.7. The van der Waals surface area contributed by atoms with E-state index in [9.17, 15) is 9.59 Å². The van der Waals surface area contributed by atoms with Gasteiger partial charge in [-0.1, -0.05) is 6.42 Å². The van der Waals surface area contributed by atoms with Crippen molar-refractivity contribution < 1.29 is 14.7 Å². The highest BCUT2D eigenvalue weighted by Crippen LogP contribution is 2.17. The van der Waals surface area contributed by atoms with Crippen LogP contribution < -0.4 is 5.32 Å². The molecule has 0 unspecified atom stereocenters. The van der Waals surface area contributed by atoms with Crippen molar-refractivity contribution in [3.63, 3.8) is 0 Å². The van der Waals surface area contributed by atoms with Crippen molar-refractivity contribution in [1.82, 2.24) is 5.32 Å². The minimum atomic E-state index is -0.983. The molecule has 0 amide bonds. The Labute approximate surface area is 125 Å². The predicted octanol–water partition coefficient (Wildman–Crippen LogP) is 2.83. The van der Waals surface area contributed by atoms with Crippen LogP contribution in [0.1, 0.15) is 51.1 Å². The minimum absolute atomic E-state index is 0.223. The van der Waals surface area contributed by atoms with E-state index in [-0.39, 0.29) is 10.7 Å². The van der Waals surface area contributed by atoms with Gasteiger partial charge in [0, 0.05) is 5.56 Å². The summed E-state index contributed by atoms with van der Waals surface area (Å²) in [5, 5.41) is 11.8. The summed E-state index contributed by atoms with van der Waals surface area (Å²) in [6, 6.07) is 3.04. The van der Waals surface area contributed by atoms with Crippen LogP contribution in [0.4, 0.5) is 0 Å². The van der Waals surface area contributed by atoms with Crippen molar-refractivity contribution in [2.24, 2.45) is 0 Å². The van der Waals surface area contributed by atoms with Gasteiger partial charge >= 0.3 is 5.97 Å². The number of nitrogens with one attached hydrogen (secondary N) is 1. The minimum Gasteiger partial charge on any atom is -0.478 e. The highest BCUT2D eigenvalue weighted by molar-refractivity contribution is 7.97. The molecule has 0 aromatic heterocycles. The summed E-state index contributed by atoms with van der Waals surface area (Å²) in [6.45, 7) is 5.85. The molecule has 0 aliphatic carbocycles. The van der Waals surface area contributed by atoms with Gasteiger partial charge in [-0.15, -0.1) is 12.6 Å². The molecular weight excluding hydrogens is 274 g/mol. The molecule has 20 heavy (non-hydrogen) atoms. The van der Waals surface area contributed by atoms with Gasteiger partial charge in [0.25, 0.3) is 0 Å². The fourth-order valence-electron chi connectivity index (χ4n) is 2.08. The number of aryl methyl sites for hydroxylation is 2. The maximum Gasteiger partial charge on any atom is 0.335 e. The molecule has 5 heteroatoms. The lowest BCUT2D eigenvalue weighted by Gasteiger charge is -2.08. The second-order valence-corrected chi connectivity index (χ2v) is 5.31. The third-order valence-electron chi connectivity index (χ3n) is 3.24. The zero-order valence-electron chi connectivity index (χ0n) is 11.9. The zero-order valence-corrected chi connectivity index (χ0v) is 12.8. The van der Waals surface area contributed by atoms with Crippen LogP contribution in [-0.4, -0.2) is 29.3 Å². The lowest BCUT2D eigenvalue weighted by molar-refractivity contribution is 0.0695. The molecule has 1 aliphatic heterocycles. The van der Waals surface area contributed by atoms with Gasteiger partial charge in [-0.3, -0.25) is 4.79 Å². The second-order valence-electron chi connectivity index (χ2n) is 4.90. The largest absolute Gasteiger partial charge is 0.478 e. The van der Waals surface area contributed by atoms with Crippen LogP contribution in [0.3, 0.4) is 0 Å². The summed E-state index contributed by atoms with van der Waals surface area (Å²) < 4.78 is 0.